The number of aryl methyl sites for hydroxylation is 1. The summed E-state index contributed by atoms with van der Waals surface area (Å²) in [5, 5.41) is 12.4. The van der Waals surface area contributed by atoms with E-state index in [2.05, 4.69) is 30.4 Å². The smallest absolute Gasteiger partial charge is 0.142 e. The van der Waals surface area contributed by atoms with Crippen molar-refractivity contribution < 1.29 is 4.74 Å². The number of rotatable bonds is 1. The minimum atomic E-state index is 0.127. The van der Waals surface area contributed by atoms with Crippen molar-refractivity contribution in [2.75, 3.05) is 11.9 Å². The fraction of sp³-hybridized carbons (Fsp3) is 0.188. The summed E-state index contributed by atoms with van der Waals surface area (Å²) in [6.07, 6.45) is 0. The summed E-state index contributed by atoms with van der Waals surface area (Å²) in [5.41, 5.74) is 4.00. The Bertz CT molecular complexity index is 658. The molecule has 0 radical (unpaired) electrons. The minimum absolute atomic E-state index is 0.127. The molecule has 19 heavy (non-hydrogen) atoms. The molecule has 1 atom stereocenters. The molecule has 1 N–H and O–H groups in total. The second-order valence-electron chi connectivity index (χ2n) is 4.69. The number of ether oxygens (including phenoxy) is 1. The van der Waals surface area contributed by atoms with E-state index in [1.807, 2.05) is 24.3 Å². The van der Waals surface area contributed by atoms with E-state index < -0.39 is 0 Å². The molecule has 0 bridgehead atoms. The molecular formula is C16H14N2O. The van der Waals surface area contributed by atoms with Gasteiger partial charge in [-0.05, 0) is 36.2 Å². The molecule has 0 saturated carbocycles. The van der Waals surface area contributed by atoms with E-state index in [0.717, 1.165) is 11.4 Å². The lowest BCUT2D eigenvalue weighted by Crippen LogP contribution is -2.24. The third-order valence-electron chi connectivity index (χ3n) is 3.41. The van der Waals surface area contributed by atoms with Gasteiger partial charge in [0.2, 0.25) is 0 Å². The zero-order valence-corrected chi connectivity index (χ0v) is 10.7. The van der Waals surface area contributed by atoms with Gasteiger partial charge in [0.1, 0.15) is 12.4 Å². The highest BCUT2D eigenvalue weighted by Crippen LogP contribution is 2.35. The molecule has 1 aliphatic rings. The third kappa shape index (κ3) is 2.13. The Kier molecular flexibility index (Phi) is 2.85. The molecule has 0 aliphatic carbocycles. The Hall–Kier alpha value is -2.47. The van der Waals surface area contributed by atoms with Gasteiger partial charge in [-0.3, -0.25) is 0 Å². The molecule has 0 amide bonds. The molecule has 0 aromatic heterocycles. The van der Waals surface area contributed by atoms with Gasteiger partial charge in [0.25, 0.3) is 0 Å². The first-order valence-corrected chi connectivity index (χ1v) is 6.27. The first-order valence-electron chi connectivity index (χ1n) is 6.27. The number of hydrogen-bond donors (Lipinski definition) is 1. The molecule has 2 aromatic carbocycles. The maximum Gasteiger partial charge on any atom is 0.142 e. The largest absolute Gasteiger partial charge is 0.489 e. The van der Waals surface area contributed by atoms with Crippen LogP contribution in [0, 0.1) is 18.3 Å². The first-order chi connectivity index (χ1) is 9.28. The van der Waals surface area contributed by atoms with Gasteiger partial charge in [0.15, 0.2) is 0 Å². The van der Waals surface area contributed by atoms with E-state index in [-0.39, 0.29) is 6.04 Å². The van der Waals surface area contributed by atoms with Gasteiger partial charge in [-0.15, -0.1) is 0 Å². The van der Waals surface area contributed by atoms with E-state index in [0.29, 0.717) is 12.2 Å². The SMILES string of the molecule is Cc1ccccc1C1COc2ccc(C#N)cc2N1. The second-order valence-corrected chi connectivity index (χ2v) is 4.69. The van der Waals surface area contributed by atoms with Crippen molar-refractivity contribution in [2.45, 2.75) is 13.0 Å². The Morgan fingerprint density at radius 1 is 1.26 bits per heavy atom. The molecule has 3 heteroatoms. The van der Waals surface area contributed by atoms with Crippen LogP contribution in [0.25, 0.3) is 0 Å². The van der Waals surface area contributed by atoms with Crippen molar-refractivity contribution in [1.29, 1.82) is 5.26 Å². The molecule has 0 fully saturated rings. The van der Waals surface area contributed by atoms with E-state index in [1.54, 1.807) is 6.07 Å². The number of nitrogens with zero attached hydrogens (tertiary/aromatic N) is 1. The first kappa shape index (κ1) is 11.6. The van der Waals surface area contributed by atoms with Crippen molar-refractivity contribution in [2.24, 2.45) is 0 Å². The van der Waals surface area contributed by atoms with Gasteiger partial charge in [0.05, 0.1) is 23.4 Å². The number of benzene rings is 2. The van der Waals surface area contributed by atoms with Crippen LogP contribution in [0.4, 0.5) is 5.69 Å². The third-order valence-corrected chi connectivity index (χ3v) is 3.41. The van der Waals surface area contributed by atoms with Gasteiger partial charge in [-0.2, -0.15) is 5.26 Å². The summed E-state index contributed by atoms with van der Waals surface area (Å²) >= 11 is 0. The predicted molar refractivity (Wildman–Crippen MR) is 74.2 cm³/mol. The number of anilines is 1. The highest BCUT2D eigenvalue weighted by atomic mass is 16.5. The van der Waals surface area contributed by atoms with Gasteiger partial charge in [-0.1, -0.05) is 24.3 Å². The van der Waals surface area contributed by atoms with Gasteiger partial charge >= 0.3 is 0 Å². The number of hydrogen-bond acceptors (Lipinski definition) is 3. The van der Waals surface area contributed by atoms with E-state index in [1.165, 1.54) is 11.1 Å². The normalized spacial score (nSPS) is 16.7. The molecule has 94 valence electrons. The van der Waals surface area contributed by atoms with Crippen LogP contribution >= 0.6 is 0 Å². The summed E-state index contributed by atoms with van der Waals surface area (Å²) in [7, 11) is 0. The van der Waals surface area contributed by atoms with Gasteiger partial charge < -0.3 is 10.1 Å². The fourth-order valence-electron chi connectivity index (χ4n) is 2.39. The van der Waals surface area contributed by atoms with Crippen LogP contribution in [0.3, 0.4) is 0 Å². The average Bonchev–Trinajstić information content (AvgIpc) is 2.46. The lowest BCUT2D eigenvalue weighted by molar-refractivity contribution is 0.286. The summed E-state index contributed by atoms with van der Waals surface area (Å²) in [6, 6.07) is 16.0. The number of nitriles is 1. The Balaban J connectivity index is 1.94. The number of nitrogens with one attached hydrogen (secondary N) is 1. The Labute approximate surface area is 112 Å². The predicted octanol–water partition coefficient (Wildman–Crippen LogP) is 3.41. The van der Waals surface area contributed by atoms with Crippen LogP contribution < -0.4 is 10.1 Å². The summed E-state index contributed by atoms with van der Waals surface area (Å²) in [6.45, 7) is 2.70. The molecule has 1 aliphatic heterocycles. The zero-order chi connectivity index (χ0) is 13.2. The topological polar surface area (TPSA) is 45.0 Å². The maximum absolute atomic E-state index is 8.95. The highest BCUT2D eigenvalue weighted by molar-refractivity contribution is 5.62. The van der Waals surface area contributed by atoms with E-state index >= 15 is 0 Å². The second kappa shape index (κ2) is 4.66. The number of fused-ring (bicyclic) bond motifs is 1. The van der Waals surface area contributed by atoms with Crippen molar-refractivity contribution in [3.05, 3.63) is 59.2 Å². The van der Waals surface area contributed by atoms with Crippen LogP contribution in [0.5, 0.6) is 5.75 Å². The molecule has 1 unspecified atom stereocenters. The Morgan fingerprint density at radius 2 is 2.11 bits per heavy atom. The zero-order valence-electron chi connectivity index (χ0n) is 10.7. The van der Waals surface area contributed by atoms with Crippen LogP contribution in [-0.2, 0) is 0 Å². The minimum Gasteiger partial charge on any atom is -0.489 e. The molecule has 2 aromatic rings. The quantitative estimate of drug-likeness (QED) is 0.843. The summed E-state index contributed by atoms with van der Waals surface area (Å²) < 4.78 is 5.77. The lowest BCUT2D eigenvalue weighted by Gasteiger charge is -2.28. The van der Waals surface area contributed by atoms with E-state index in [9.17, 15) is 0 Å². The summed E-state index contributed by atoms with van der Waals surface area (Å²) in [4.78, 5) is 0. The van der Waals surface area contributed by atoms with Crippen LogP contribution in [0.15, 0.2) is 42.5 Å². The molecule has 0 saturated heterocycles. The summed E-state index contributed by atoms with van der Waals surface area (Å²) in [5.74, 6) is 0.809. The lowest BCUT2D eigenvalue weighted by atomic mass is 10.0. The van der Waals surface area contributed by atoms with Gasteiger partial charge in [-0.25, -0.2) is 0 Å². The molecular weight excluding hydrogens is 236 g/mol. The van der Waals surface area contributed by atoms with Crippen molar-refractivity contribution >= 4 is 5.69 Å². The van der Waals surface area contributed by atoms with Crippen LogP contribution in [-0.4, -0.2) is 6.61 Å². The Morgan fingerprint density at radius 3 is 2.89 bits per heavy atom. The molecule has 1 heterocycles. The van der Waals surface area contributed by atoms with Crippen LogP contribution in [0.1, 0.15) is 22.7 Å². The van der Waals surface area contributed by atoms with Crippen molar-refractivity contribution in [3.63, 3.8) is 0 Å². The fourth-order valence-corrected chi connectivity index (χ4v) is 2.39. The van der Waals surface area contributed by atoms with Gasteiger partial charge in [0, 0.05) is 0 Å². The standard InChI is InChI=1S/C16H14N2O/c1-11-4-2-3-5-13(11)15-10-19-16-7-6-12(9-17)8-14(16)18-15/h2-8,15,18H,10H2,1H3. The molecule has 3 rings (SSSR count). The van der Waals surface area contributed by atoms with Crippen molar-refractivity contribution in [3.8, 4) is 11.8 Å². The monoisotopic (exact) mass is 250 g/mol. The maximum atomic E-state index is 8.95. The van der Waals surface area contributed by atoms with E-state index in [4.69, 9.17) is 10.00 Å². The molecule has 0 spiro atoms. The average molecular weight is 250 g/mol. The highest BCUT2D eigenvalue weighted by Gasteiger charge is 2.21. The van der Waals surface area contributed by atoms with Crippen LogP contribution in [0.2, 0.25) is 0 Å². The van der Waals surface area contributed by atoms with Crippen molar-refractivity contribution in [1.82, 2.24) is 0 Å². The molecule has 3 nitrogen and oxygen atoms in total.